The summed E-state index contributed by atoms with van der Waals surface area (Å²) in [5.41, 5.74) is 5.25. The first-order chi connectivity index (χ1) is 11.8. The first-order valence-corrected chi connectivity index (χ1v) is 8.44. The fourth-order valence-electron chi connectivity index (χ4n) is 3.38. The molecule has 3 heterocycles. The molecular weight excluding hydrogens is 294 g/mol. The van der Waals surface area contributed by atoms with E-state index in [0.29, 0.717) is 0 Å². The molecule has 4 aromatic rings. The fraction of sp³-hybridized carbons (Fsp3) is 0.190. The lowest BCUT2D eigenvalue weighted by atomic mass is 10.1. The van der Waals surface area contributed by atoms with Gasteiger partial charge in [0.15, 0.2) is 0 Å². The third-order valence-corrected chi connectivity index (χ3v) is 4.47. The Morgan fingerprint density at radius 2 is 1.96 bits per heavy atom. The van der Waals surface area contributed by atoms with Crippen molar-refractivity contribution in [3.8, 4) is 11.3 Å². The largest absolute Gasteiger partial charge is 0.339 e. The summed E-state index contributed by atoms with van der Waals surface area (Å²) in [6, 6.07) is 14.7. The maximum Gasteiger partial charge on any atom is 0.0964 e. The van der Waals surface area contributed by atoms with E-state index in [9.17, 15) is 0 Å². The molecule has 119 valence electrons. The van der Waals surface area contributed by atoms with Crippen molar-refractivity contribution in [2.75, 3.05) is 0 Å². The molecule has 1 radical (unpaired) electrons. The standard InChI is InChI=1S/C21H20N3/c1-3-4-12-24-19-10-6-5-9-17(19)18-13-15(2)23-20(21(18)24)16-8-7-11-22-14-16/h5-11,13-14H,2-4,12H2,1H3. The number of unbranched alkanes of at least 4 members (excludes halogenated alkanes) is 1. The highest BCUT2D eigenvalue weighted by Gasteiger charge is 2.16. The Morgan fingerprint density at radius 1 is 1.08 bits per heavy atom. The molecule has 0 saturated carbocycles. The van der Waals surface area contributed by atoms with Crippen molar-refractivity contribution in [2.45, 2.75) is 26.3 Å². The van der Waals surface area contributed by atoms with E-state index in [1.54, 1.807) is 6.20 Å². The number of pyridine rings is 2. The lowest BCUT2D eigenvalue weighted by Crippen LogP contribution is -2.00. The summed E-state index contributed by atoms with van der Waals surface area (Å²) in [5.74, 6) is 0. The van der Waals surface area contributed by atoms with Crippen LogP contribution in [0.2, 0.25) is 0 Å². The SMILES string of the molecule is [CH2]c1cc2c3ccccc3n(CCCC)c2c(-c2cccnc2)n1. The number of nitrogens with zero attached hydrogens (tertiary/aromatic N) is 3. The van der Waals surface area contributed by atoms with Crippen molar-refractivity contribution < 1.29 is 0 Å². The van der Waals surface area contributed by atoms with Gasteiger partial charge in [0.05, 0.1) is 11.2 Å². The molecule has 3 heteroatoms. The van der Waals surface area contributed by atoms with Crippen LogP contribution in [0.15, 0.2) is 54.9 Å². The smallest absolute Gasteiger partial charge is 0.0964 e. The highest BCUT2D eigenvalue weighted by atomic mass is 15.0. The van der Waals surface area contributed by atoms with E-state index in [-0.39, 0.29) is 0 Å². The first-order valence-electron chi connectivity index (χ1n) is 8.44. The highest BCUT2D eigenvalue weighted by Crippen LogP contribution is 2.35. The predicted molar refractivity (Wildman–Crippen MR) is 99.8 cm³/mol. The second-order valence-electron chi connectivity index (χ2n) is 6.12. The van der Waals surface area contributed by atoms with Crippen LogP contribution in [0.25, 0.3) is 33.1 Å². The number of benzene rings is 1. The molecule has 0 unspecified atom stereocenters. The van der Waals surface area contributed by atoms with Gasteiger partial charge in [-0.1, -0.05) is 31.5 Å². The summed E-state index contributed by atoms with van der Waals surface area (Å²) in [6.45, 7) is 7.31. The Labute approximate surface area is 142 Å². The van der Waals surface area contributed by atoms with Crippen LogP contribution in [-0.2, 0) is 6.54 Å². The number of hydrogen-bond acceptors (Lipinski definition) is 2. The van der Waals surface area contributed by atoms with Gasteiger partial charge in [0, 0.05) is 46.5 Å². The second-order valence-corrected chi connectivity index (χ2v) is 6.12. The van der Waals surface area contributed by atoms with Crippen LogP contribution in [0.1, 0.15) is 25.5 Å². The molecule has 0 aliphatic rings. The van der Waals surface area contributed by atoms with Gasteiger partial charge in [0.2, 0.25) is 0 Å². The van der Waals surface area contributed by atoms with Gasteiger partial charge in [0.1, 0.15) is 0 Å². The Hall–Kier alpha value is -2.68. The van der Waals surface area contributed by atoms with Gasteiger partial charge in [-0.15, -0.1) is 0 Å². The fourth-order valence-corrected chi connectivity index (χ4v) is 3.38. The van der Waals surface area contributed by atoms with Gasteiger partial charge in [-0.25, -0.2) is 0 Å². The minimum absolute atomic E-state index is 0.791. The zero-order valence-corrected chi connectivity index (χ0v) is 13.9. The third kappa shape index (κ3) is 2.37. The first kappa shape index (κ1) is 14.9. The molecule has 0 aliphatic heterocycles. The maximum atomic E-state index is 4.76. The molecule has 0 amide bonds. The van der Waals surface area contributed by atoms with Crippen LogP contribution in [0, 0.1) is 6.92 Å². The molecular formula is C21H20N3. The van der Waals surface area contributed by atoms with Crippen LogP contribution >= 0.6 is 0 Å². The van der Waals surface area contributed by atoms with Crippen LogP contribution in [0.4, 0.5) is 0 Å². The molecule has 0 bridgehead atoms. The normalized spacial score (nSPS) is 11.4. The van der Waals surface area contributed by atoms with Crippen LogP contribution in [-0.4, -0.2) is 14.5 Å². The quantitative estimate of drug-likeness (QED) is 0.516. The number of fused-ring (bicyclic) bond motifs is 3. The molecule has 0 N–H and O–H groups in total. The van der Waals surface area contributed by atoms with Crippen molar-refractivity contribution in [3.63, 3.8) is 0 Å². The molecule has 0 atom stereocenters. The van der Waals surface area contributed by atoms with Gasteiger partial charge in [-0.05, 0) is 37.6 Å². The van der Waals surface area contributed by atoms with E-state index in [1.165, 1.54) is 21.8 Å². The Kier molecular flexibility index (Phi) is 3.77. The minimum Gasteiger partial charge on any atom is -0.339 e. The van der Waals surface area contributed by atoms with Crippen LogP contribution in [0.5, 0.6) is 0 Å². The summed E-state index contributed by atoms with van der Waals surface area (Å²) in [4.78, 5) is 9.04. The lowest BCUT2D eigenvalue weighted by molar-refractivity contribution is 0.664. The number of hydrogen-bond donors (Lipinski definition) is 0. The molecule has 0 aliphatic carbocycles. The summed E-state index contributed by atoms with van der Waals surface area (Å²) in [6.07, 6.45) is 5.98. The third-order valence-electron chi connectivity index (χ3n) is 4.47. The zero-order chi connectivity index (χ0) is 16.5. The molecule has 0 spiro atoms. The Balaban J connectivity index is 2.12. The topological polar surface area (TPSA) is 30.7 Å². The highest BCUT2D eigenvalue weighted by molar-refractivity contribution is 6.12. The van der Waals surface area contributed by atoms with Crippen molar-refractivity contribution in [2.24, 2.45) is 0 Å². The van der Waals surface area contributed by atoms with Gasteiger partial charge < -0.3 is 4.57 Å². The molecule has 24 heavy (non-hydrogen) atoms. The summed E-state index contributed by atoms with van der Waals surface area (Å²) < 4.78 is 2.41. The van der Waals surface area contributed by atoms with E-state index in [2.05, 4.69) is 59.8 Å². The van der Waals surface area contributed by atoms with Gasteiger partial charge in [-0.3, -0.25) is 9.97 Å². The number of para-hydroxylation sites is 1. The summed E-state index contributed by atoms with van der Waals surface area (Å²) in [7, 11) is 0. The van der Waals surface area contributed by atoms with Gasteiger partial charge in [0.25, 0.3) is 0 Å². The zero-order valence-electron chi connectivity index (χ0n) is 13.9. The molecule has 1 aromatic carbocycles. The maximum absolute atomic E-state index is 4.76. The molecule has 3 nitrogen and oxygen atoms in total. The lowest BCUT2D eigenvalue weighted by Gasteiger charge is -2.10. The minimum atomic E-state index is 0.791. The Morgan fingerprint density at radius 3 is 2.75 bits per heavy atom. The average molecular weight is 314 g/mol. The van der Waals surface area contributed by atoms with Gasteiger partial charge >= 0.3 is 0 Å². The van der Waals surface area contributed by atoms with Crippen LogP contribution < -0.4 is 0 Å². The van der Waals surface area contributed by atoms with Crippen molar-refractivity contribution in [3.05, 3.63) is 67.5 Å². The summed E-state index contributed by atoms with van der Waals surface area (Å²) >= 11 is 0. The number of rotatable bonds is 4. The average Bonchev–Trinajstić information content (AvgIpc) is 2.94. The van der Waals surface area contributed by atoms with E-state index in [4.69, 9.17) is 4.98 Å². The second kappa shape index (κ2) is 6.08. The van der Waals surface area contributed by atoms with Crippen molar-refractivity contribution in [1.29, 1.82) is 0 Å². The van der Waals surface area contributed by atoms with Crippen molar-refractivity contribution >= 4 is 21.8 Å². The summed E-state index contributed by atoms with van der Waals surface area (Å²) in [5, 5.41) is 2.49. The molecule has 0 fully saturated rings. The van der Waals surface area contributed by atoms with Crippen LogP contribution in [0.3, 0.4) is 0 Å². The monoisotopic (exact) mass is 314 g/mol. The molecule has 3 aromatic heterocycles. The van der Waals surface area contributed by atoms with Gasteiger partial charge in [-0.2, -0.15) is 0 Å². The van der Waals surface area contributed by atoms with E-state index >= 15 is 0 Å². The van der Waals surface area contributed by atoms with E-state index in [0.717, 1.165) is 36.3 Å². The van der Waals surface area contributed by atoms with E-state index < -0.39 is 0 Å². The predicted octanol–water partition coefficient (Wildman–Crippen LogP) is 5.23. The van der Waals surface area contributed by atoms with Crippen molar-refractivity contribution in [1.82, 2.24) is 14.5 Å². The number of aromatic nitrogens is 3. The molecule has 0 saturated heterocycles. The molecule has 4 rings (SSSR count). The number of aryl methyl sites for hydroxylation is 1. The van der Waals surface area contributed by atoms with E-state index in [1.807, 2.05) is 12.3 Å². The Bertz CT molecular complexity index is 1000.